The summed E-state index contributed by atoms with van der Waals surface area (Å²) in [4.78, 5) is 22.9. The van der Waals surface area contributed by atoms with Crippen molar-refractivity contribution in [1.82, 2.24) is 16.0 Å². The van der Waals surface area contributed by atoms with Crippen molar-refractivity contribution in [1.29, 1.82) is 0 Å². The first-order valence-electron chi connectivity index (χ1n) is 6.68. The lowest BCUT2D eigenvalue weighted by molar-refractivity contribution is -0.139. The Hall–Kier alpha value is -2.08. The fourth-order valence-electron chi connectivity index (χ4n) is 1.71. The predicted molar refractivity (Wildman–Crippen MR) is 76.5 cm³/mol. The lowest BCUT2D eigenvalue weighted by Crippen LogP contribution is -2.41. The number of hydrogen-bond donors (Lipinski definition) is 4. The highest BCUT2D eigenvalue weighted by Crippen LogP contribution is 2.12. The Morgan fingerprint density at radius 3 is 2.50 bits per heavy atom. The highest BCUT2D eigenvalue weighted by Gasteiger charge is 2.21. The van der Waals surface area contributed by atoms with Crippen LogP contribution in [-0.2, 0) is 4.79 Å². The second-order valence-electron chi connectivity index (χ2n) is 4.29. The van der Waals surface area contributed by atoms with Crippen LogP contribution in [0.5, 0.6) is 0 Å². The van der Waals surface area contributed by atoms with Crippen LogP contribution >= 0.6 is 0 Å². The van der Waals surface area contributed by atoms with Gasteiger partial charge in [-0.15, -0.1) is 0 Å². The van der Waals surface area contributed by atoms with Gasteiger partial charge in [0.2, 0.25) is 0 Å². The largest absolute Gasteiger partial charge is 0.479 e. The van der Waals surface area contributed by atoms with Gasteiger partial charge < -0.3 is 21.1 Å². The first kappa shape index (κ1) is 16.0. The molecule has 0 aliphatic rings. The van der Waals surface area contributed by atoms with Crippen LogP contribution < -0.4 is 16.0 Å². The third-order valence-corrected chi connectivity index (χ3v) is 2.72. The summed E-state index contributed by atoms with van der Waals surface area (Å²) in [6.07, 6.45) is 0.796. The highest BCUT2D eigenvalue weighted by atomic mass is 16.4. The number of nitrogens with one attached hydrogen (secondary N) is 3. The molecular formula is C14H21N3O3. The van der Waals surface area contributed by atoms with E-state index in [-0.39, 0.29) is 0 Å². The molecule has 1 aromatic carbocycles. The molecule has 0 radical (unpaired) electrons. The van der Waals surface area contributed by atoms with Gasteiger partial charge in [-0.25, -0.2) is 9.59 Å². The fourth-order valence-corrected chi connectivity index (χ4v) is 1.71. The van der Waals surface area contributed by atoms with Gasteiger partial charge in [0.05, 0.1) is 0 Å². The van der Waals surface area contributed by atoms with Gasteiger partial charge in [-0.2, -0.15) is 0 Å². The molecule has 4 N–H and O–H groups in total. The van der Waals surface area contributed by atoms with Gasteiger partial charge in [0.1, 0.15) is 0 Å². The monoisotopic (exact) mass is 279 g/mol. The summed E-state index contributed by atoms with van der Waals surface area (Å²) in [5, 5.41) is 17.4. The number of urea groups is 1. The smallest absolute Gasteiger partial charge is 0.330 e. The molecule has 6 nitrogen and oxygen atoms in total. The molecule has 0 fully saturated rings. The zero-order chi connectivity index (χ0) is 14.8. The summed E-state index contributed by atoms with van der Waals surface area (Å²) in [7, 11) is 0. The van der Waals surface area contributed by atoms with Crippen LogP contribution in [0.3, 0.4) is 0 Å². The van der Waals surface area contributed by atoms with E-state index in [1.807, 2.05) is 6.92 Å². The second-order valence-corrected chi connectivity index (χ2v) is 4.29. The van der Waals surface area contributed by atoms with Crippen molar-refractivity contribution in [3.8, 4) is 0 Å². The van der Waals surface area contributed by atoms with Crippen LogP contribution in [0, 0.1) is 0 Å². The Labute approximate surface area is 118 Å². The van der Waals surface area contributed by atoms with Crippen molar-refractivity contribution >= 4 is 12.0 Å². The minimum atomic E-state index is -1.08. The number of aliphatic carboxylic acids is 1. The molecule has 1 rings (SSSR count). The van der Waals surface area contributed by atoms with Gasteiger partial charge >= 0.3 is 12.0 Å². The first-order chi connectivity index (χ1) is 9.65. The van der Waals surface area contributed by atoms with Crippen molar-refractivity contribution < 1.29 is 14.7 Å². The summed E-state index contributed by atoms with van der Waals surface area (Å²) >= 11 is 0. The number of rotatable bonds is 8. The highest BCUT2D eigenvalue weighted by molar-refractivity contribution is 5.83. The molecule has 2 amide bonds. The third kappa shape index (κ3) is 5.71. The van der Waals surface area contributed by atoms with E-state index in [2.05, 4.69) is 16.0 Å². The van der Waals surface area contributed by atoms with Gasteiger partial charge in [0.15, 0.2) is 6.04 Å². The number of carbonyl (C=O) groups is 2. The number of amides is 2. The van der Waals surface area contributed by atoms with Crippen LogP contribution in [-0.4, -0.2) is 36.7 Å². The van der Waals surface area contributed by atoms with Crippen LogP contribution in [0.2, 0.25) is 0 Å². The van der Waals surface area contributed by atoms with Crippen LogP contribution in [0.1, 0.15) is 24.9 Å². The third-order valence-electron chi connectivity index (χ3n) is 2.72. The van der Waals surface area contributed by atoms with Crippen LogP contribution in [0.4, 0.5) is 4.79 Å². The van der Waals surface area contributed by atoms with Crippen molar-refractivity contribution in [3.63, 3.8) is 0 Å². The molecule has 0 saturated heterocycles. The topological polar surface area (TPSA) is 90.5 Å². The molecule has 110 valence electrons. The van der Waals surface area contributed by atoms with Crippen molar-refractivity contribution in [2.45, 2.75) is 19.4 Å². The molecule has 0 bridgehead atoms. The first-order valence-corrected chi connectivity index (χ1v) is 6.68. The van der Waals surface area contributed by atoms with E-state index >= 15 is 0 Å². The molecule has 1 unspecified atom stereocenters. The Kier molecular flexibility index (Phi) is 7.13. The molecule has 0 aliphatic heterocycles. The SMILES string of the molecule is CCNCCCNC(=O)NC(C(=O)O)c1ccccc1. The van der Waals surface area contributed by atoms with E-state index in [0.717, 1.165) is 19.5 Å². The van der Waals surface area contributed by atoms with E-state index in [9.17, 15) is 9.59 Å². The molecule has 0 heterocycles. The summed E-state index contributed by atoms with van der Waals surface area (Å²) in [5.74, 6) is -1.08. The quantitative estimate of drug-likeness (QED) is 0.537. The Balaban J connectivity index is 2.43. The Bertz CT molecular complexity index is 423. The van der Waals surface area contributed by atoms with Gasteiger partial charge in [-0.05, 0) is 25.1 Å². The molecule has 0 spiro atoms. The van der Waals surface area contributed by atoms with E-state index in [1.165, 1.54) is 0 Å². The van der Waals surface area contributed by atoms with Gasteiger partial charge in [-0.3, -0.25) is 0 Å². The van der Waals surface area contributed by atoms with Gasteiger partial charge in [-0.1, -0.05) is 37.3 Å². The fraction of sp³-hybridized carbons (Fsp3) is 0.429. The van der Waals surface area contributed by atoms with E-state index in [0.29, 0.717) is 12.1 Å². The number of carbonyl (C=O) groups excluding carboxylic acids is 1. The normalized spacial score (nSPS) is 11.7. The molecule has 1 aromatic rings. The maximum atomic E-state index is 11.7. The van der Waals surface area contributed by atoms with E-state index in [1.54, 1.807) is 30.3 Å². The summed E-state index contributed by atoms with van der Waals surface area (Å²) in [5.41, 5.74) is 0.544. The van der Waals surface area contributed by atoms with Gasteiger partial charge in [0, 0.05) is 6.54 Å². The molecule has 0 aromatic heterocycles. The molecule has 0 saturated carbocycles. The van der Waals surface area contributed by atoms with Crippen LogP contribution in [0.25, 0.3) is 0 Å². The minimum Gasteiger partial charge on any atom is -0.479 e. The lowest BCUT2D eigenvalue weighted by atomic mass is 10.1. The maximum absolute atomic E-state index is 11.7. The molecule has 6 heteroatoms. The minimum absolute atomic E-state index is 0.474. The van der Waals surface area contributed by atoms with Crippen LogP contribution in [0.15, 0.2) is 30.3 Å². The van der Waals surface area contributed by atoms with Crippen molar-refractivity contribution in [2.75, 3.05) is 19.6 Å². The average Bonchev–Trinajstić information content (AvgIpc) is 2.45. The molecule has 0 aliphatic carbocycles. The second kappa shape index (κ2) is 8.92. The summed E-state index contributed by atoms with van der Waals surface area (Å²) < 4.78 is 0. The zero-order valence-corrected chi connectivity index (χ0v) is 11.6. The zero-order valence-electron chi connectivity index (χ0n) is 11.6. The molecular weight excluding hydrogens is 258 g/mol. The number of carboxylic acids is 1. The van der Waals surface area contributed by atoms with Crippen molar-refractivity contribution in [3.05, 3.63) is 35.9 Å². The summed E-state index contributed by atoms with van der Waals surface area (Å²) in [6.45, 7) is 4.22. The van der Waals surface area contributed by atoms with E-state index in [4.69, 9.17) is 5.11 Å². The summed E-state index contributed by atoms with van der Waals surface area (Å²) in [6, 6.07) is 7.10. The predicted octanol–water partition coefficient (Wildman–Crippen LogP) is 1.11. The maximum Gasteiger partial charge on any atom is 0.330 e. The van der Waals surface area contributed by atoms with Gasteiger partial charge in [0.25, 0.3) is 0 Å². The lowest BCUT2D eigenvalue weighted by Gasteiger charge is -2.15. The Morgan fingerprint density at radius 2 is 1.90 bits per heavy atom. The van der Waals surface area contributed by atoms with Crippen molar-refractivity contribution in [2.24, 2.45) is 0 Å². The molecule has 20 heavy (non-hydrogen) atoms. The average molecular weight is 279 g/mol. The number of benzene rings is 1. The van der Waals surface area contributed by atoms with E-state index < -0.39 is 18.0 Å². The molecule has 1 atom stereocenters. The number of carboxylic acid groups (broad SMARTS) is 1. The standard InChI is InChI=1S/C14H21N3O3/c1-2-15-9-6-10-16-14(20)17-12(13(18)19)11-7-4-3-5-8-11/h3-5,7-8,12,15H,2,6,9-10H2,1H3,(H,18,19)(H2,16,17,20). The number of hydrogen-bond acceptors (Lipinski definition) is 3. The Morgan fingerprint density at radius 1 is 1.20 bits per heavy atom.